The summed E-state index contributed by atoms with van der Waals surface area (Å²) in [5, 5.41) is 20.2. The summed E-state index contributed by atoms with van der Waals surface area (Å²) in [6.45, 7) is 5.33. The van der Waals surface area contributed by atoms with Crippen molar-refractivity contribution in [3.63, 3.8) is 0 Å². The lowest BCUT2D eigenvalue weighted by Crippen LogP contribution is -2.47. The fraction of sp³-hybridized carbons (Fsp3) is 0.318. The van der Waals surface area contributed by atoms with Crippen molar-refractivity contribution in [2.45, 2.75) is 13.5 Å². The average Bonchev–Trinajstić information content (AvgIpc) is 2.73. The quantitative estimate of drug-likeness (QED) is 0.652. The van der Waals surface area contributed by atoms with Crippen LogP contribution in [0.2, 0.25) is 5.15 Å². The van der Waals surface area contributed by atoms with Gasteiger partial charge in [0, 0.05) is 45.3 Å². The van der Waals surface area contributed by atoms with E-state index >= 15 is 0 Å². The molecule has 154 valence electrons. The maximum atomic E-state index is 12.7. The van der Waals surface area contributed by atoms with Gasteiger partial charge in [-0.15, -0.1) is 0 Å². The van der Waals surface area contributed by atoms with Gasteiger partial charge in [-0.1, -0.05) is 23.7 Å². The fourth-order valence-corrected chi connectivity index (χ4v) is 4.10. The second-order valence-electron chi connectivity index (χ2n) is 7.60. The van der Waals surface area contributed by atoms with Gasteiger partial charge < -0.3 is 14.6 Å². The number of benzene rings is 1. The highest BCUT2D eigenvalue weighted by molar-refractivity contribution is 6.29. The first-order valence-corrected chi connectivity index (χ1v) is 10.1. The number of hydrogen-bond donors (Lipinski definition) is 1. The Morgan fingerprint density at radius 1 is 1.20 bits per heavy atom. The lowest BCUT2D eigenvalue weighted by Gasteiger charge is -2.36. The molecule has 8 heteroatoms. The molecular weight excluding hydrogens is 402 g/mol. The van der Waals surface area contributed by atoms with Crippen molar-refractivity contribution in [3.05, 3.63) is 62.5 Å². The summed E-state index contributed by atoms with van der Waals surface area (Å²) in [7, 11) is 1.64. The number of aromatic nitrogens is 2. The molecule has 7 nitrogen and oxygen atoms in total. The first-order valence-electron chi connectivity index (χ1n) is 9.74. The van der Waals surface area contributed by atoms with Gasteiger partial charge in [0.25, 0.3) is 5.56 Å². The lowest BCUT2D eigenvalue weighted by molar-refractivity contribution is 0.247. The number of aromatic hydroxyl groups is 1. The summed E-state index contributed by atoms with van der Waals surface area (Å²) in [4.78, 5) is 21.5. The van der Waals surface area contributed by atoms with Crippen LogP contribution in [0.3, 0.4) is 0 Å². The summed E-state index contributed by atoms with van der Waals surface area (Å²) in [6.07, 6.45) is 0. The van der Waals surface area contributed by atoms with Gasteiger partial charge >= 0.3 is 0 Å². The summed E-state index contributed by atoms with van der Waals surface area (Å²) in [5.74, 6) is 0.306. The first-order chi connectivity index (χ1) is 14.4. The van der Waals surface area contributed by atoms with Crippen LogP contribution in [0.1, 0.15) is 16.7 Å². The van der Waals surface area contributed by atoms with E-state index in [1.54, 1.807) is 25.2 Å². The van der Waals surface area contributed by atoms with Gasteiger partial charge in [0.2, 0.25) is 0 Å². The number of aryl methyl sites for hydroxylation is 2. The Bertz CT molecular complexity index is 1220. The summed E-state index contributed by atoms with van der Waals surface area (Å²) in [6, 6.07) is 11.2. The van der Waals surface area contributed by atoms with Crippen molar-refractivity contribution < 1.29 is 5.11 Å². The SMILES string of the molecule is Cc1ccc(CN2CCN(c3c(C#N)c(=O)n(C)c4ccc(Cl)nc34)CC2)c(O)c1. The highest BCUT2D eigenvalue weighted by Crippen LogP contribution is 2.29. The molecule has 0 atom stereocenters. The number of phenols is 1. The predicted molar refractivity (Wildman–Crippen MR) is 117 cm³/mol. The number of pyridine rings is 2. The molecule has 0 bridgehead atoms. The van der Waals surface area contributed by atoms with Gasteiger partial charge in [-0.25, -0.2) is 4.98 Å². The van der Waals surface area contributed by atoms with Crippen LogP contribution >= 0.6 is 11.6 Å². The molecule has 1 saturated heterocycles. The molecule has 1 fully saturated rings. The van der Waals surface area contributed by atoms with Gasteiger partial charge in [0.15, 0.2) is 0 Å². The standard InChI is InChI=1S/C22H22ClN5O2/c1-14-3-4-15(18(29)11-14)13-27-7-9-28(10-8-27)21-16(12-24)22(30)26(2)17-5-6-19(23)25-20(17)21/h3-6,11,29H,7-10,13H2,1-2H3. The number of halogens is 1. The number of nitriles is 1. The molecule has 0 spiro atoms. The highest BCUT2D eigenvalue weighted by Gasteiger charge is 2.25. The zero-order valence-electron chi connectivity index (χ0n) is 16.9. The van der Waals surface area contributed by atoms with Crippen LogP contribution in [0.5, 0.6) is 5.75 Å². The number of piperazine rings is 1. The van der Waals surface area contributed by atoms with E-state index in [0.717, 1.165) is 24.2 Å². The molecule has 0 aliphatic carbocycles. The maximum absolute atomic E-state index is 12.7. The lowest BCUT2D eigenvalue weighted by atomic mass is 10.1. The van der Waals surface area contributed by atoms with Crippen LogP contribution in [0.25, 0.3) is 11.0 Å². The second-order valence-corrected chi connectivity index (χ2v) is 7.98. The number of fused-ring (bicyclic) bond motifs is 1. The third-order valence-electron chi connectivity index (χ3n) is 5.62. The van der Waals surface area contributed by atoms with E-state index < -0.39 is 0 Å². The number of phenolic OH excluding ortho intramolecular Hbond substituents is 1. The summed E-state index contributed by atoms with van der Waals surface area (Å²) < 4.78 is 1.44. The van der Waals surface area contributed by atoms with E-state index in [4.69, 9.17) is 11.6 Å². The van der Waals surface area contributed by atoms with E-state index in [-0.39, 0.29) is 11.1 Å². The Kier molecular flexibility index (Phi) is 5.37. The third-order valence-corrected chi connectivity index (χ3v) is 5.83. The van der Waals surface area contributed by atoms with Crippen molar-refractivity contribution in [1.82, 2.24) is 14.5 Å². The van der Waals surface area contributed by atoms with E-state index in [2.05, 4.69) is 16.0 Å². The van der Waals surface area contributed by atoms with E-state index in [0.29, 0.717) is 47.3 Å². The largest absolute Gasteiger partial charge is 0.508 e. The monoisotopic (exact) mass is 423 g/mol. The van der Waals surface area contributed by atoms with Crippen molar-refractivity contribution in [2.24, 2.45) is 7.05 Å². The Labute approximate surface area is 179 Å². The van der Waals surface area contributed by atoms with Gasteiger partial charge in [-0.05, 0) is 30.7 Å². The van der Waals surface area contributed by atoms with Crippen LogP contribution in [0.4, 0.5) is 5.69 Å². The molecule has 0 unspecified atom stereocenters. The Morgan fingerprint density at radius 2 is 1.93 bits per heavy atom. The number of anilines is 1. The molecule has 3 heterocycles. The minimum Gasteiger partial charge on any atom is -0.508 e. The van der Waals surface area contributed by atoms with E-state index in [1.807, 2.05) is 24.0 Å². The molecule has 0 amide bonds. The molecule has 4 rings (SSSR count). The van der Waals surface area contributed by atoms with Crippen LogP contribution < -0.4 is 10.5 Å². The van der Waals surface area contributed by atoms with E-state index in [1.165, 1.54) is 4.57 Å². The number of hydrogen-bond acceptors (Lipinski definition) is 6. The zero-order valence-corrected chi connectivity index (χ0v) is 17.6. The maximum Gasteiger partial charge on any atom is 0.270 e. The van der Waals surface area contributed by atoms with Gasteiger partial charge in [0.05, 0.1) is 11.2 Å². The van der Waals surface area contributed by atoms with Crippen LogP contribution in [0.15, 0.2) is 35.1 Å². The van der Waals surface area contributed by atoms with Crippen molar-refractivity contribution in [1.29, 1.82) is 5.26 Å². The molecule has 1 aromatic carbocycles. The van der Waals surface area contributed by atoms with Crippen LogP contribution in [-0.4, -0.2) is 45.7 Å². The van der Waals surface area contributed by atoms with Crippen LogP contribution in [-0.2, 0) is 13.6 Å². The molecule has 1 aliphatic heterocycles. The van der Waals surface area contributed by atoms with Gasteiger partial charge in [-0.2, -0.15) is 5.26 Å². The zero-order chi connectivity index (χ0) is 21.4. The minimum atomic E-state index is -0.337. The smallest absolute Gasteiger partial charge is 0.270 e. The number of nitrogens with zero attached hydrogens (tertiary/aromatic N) is 5. The molecule has 0 saturated carbocycles. The van der Waals surface area contributed by atoms with E-state index in [9.17, 15) is 15.2 Å². The molecule has 3 aromatic rings. The van der Waals surface area contributed by atoms with Crippen molar-refractivity contribution in [2.75, 3.05) is 31.1 Å². The molecule has 1 aliphatic rings. The first kappa shape index (κ1) is 20.2. The van der Waals surface area contributed by atoms with Crippen molar-refractivity contribution >= 4 is 28.3 Å². The molecule has 1 N–H and O–H groups in total. The molecule has 0 radical (unpaired) electrons. The van der Waals surface area contributed by atoms with Crippen LogP contribution in [0, 0.1) is 18.3 Å². The Morgan fingerprint density at radius 3 is 2.60 bits per heavy atom. The Balaban J connectivity index is 1.63. The Hall–Kier alpha value is -3.08. The normalized spacial score (nSPS) is 14.8. The third kappa shape index (κ3) is 3.60. The molecule has 30 heavy (non-hydrogen) atoms. The molecule has 2 aromatic heterocycles. The summed E-state index contributed by atoms with van der Waals surface area (Å²) in [5.41, 5.74) is 3.42. The predicted octanol–water partition coefficient (Wildman–Crippen LogP) is 2.79. The molecular formula is C22H22ClN5O2. The van der Waals surface area contributed by atoms with Crippen molar-refractivity contribution in [3.8, 4) is 11.8 Å². The number of rotatable bonds is 3. The average molecular weight is 424 g/mol. The summed E-state index contributed by atoms with van der Waals surface area (Å²) >= 11 is 6.12. The minimum absolute atomic E-state index is 0.0874. The van der Waals surface area contributed by atoms with Gasteiger partial charge in [-0.3, -0.25) is 9.69 Å². The topological polar surface area (TPSA) is 85.4 Å². The van der Waals surface area contributed by atoms with Gasteiger partial charge in [0.1, 0.15) is 28.1 Å². The second kappa shape index (κ2) is 7.98. The fourth-order valence-electron chi connectivity index (χ4n) is 3.96. The highest BCUT2D eigenvalue weighted by atomic mass is 35.5.